The minimum atomic E-state index is -0.830. The third-order valence-corrected chi connectivity index (χ3v) is 3.22. The predicted octanol–water partition coefficient (Wildman–Crippen LogP) is 4.12. The first kappa shape index (κ1) is 14.0. The van der Waals surface area contributed by atoms with Crippen LogP contribution in [-0.2, 0) is 0 Å². The van der Waals surface area contributed by atoms with Crippen LogP contribution < -0.4 is 4.90 Å². The van der Waals surface area contributed by atoms with Gasteiger partial charge in [-0.15, -0.1) is 0 Å². The first-order chi connectivity index (χ1) is 9.41. The molecular formula is C15H15FN2O2. The summed E-state index contributed by atoms with van der Waals surface area (Å²) in [4.78, 5) is 12.0. The van der Waals surface area contributed by atoms with Gasteiger partial charge in [-0.25, -0.2) is 0 Å². The molecule has 0 atom stereocenters. The van der Waals surface area contributed by atoms with E-state index in [1.54, 1.807) is 18.0 Å². The van der Waals surface area contributed by atoms with Crippen LogP contribution in [0.25, 0.3) is 0 Å². The van der Waals surface area contributed by atoms with Gasteiger partial charge in [-0.1, -0.05) is 23.8 Å². The highest BCUT2D eigenvalue weighted by molar-refractivity contribution is 5.73. The van der Waals surface area contributed by atoms with E-state index in [4.69, 9.17) is 0 Å². The Labute approximate surface area is 116 Å². The molecule has 0 spiro atoms. The number of nitrogens with zero attached hydrogens (tertiary/aromatic N) is 2. The van der Waals surface area contributed by atoms with E-state index in [-0.39, 0.29) is 5.69 Å². The van der Waals surface area contributed by atoms with Crippen molar-refractivity contribution < 1.29 is 9.31 Å². The Morgan fingerprint density at radius 3 is 2.45 bits per heavy atom. The maximum absolute atomic E-state index is 13.7. The van der Waals surface area contributed by atoms with Crippen molar-refractivity contribution in [3.8, 4) is 0 Å². The van der Waals surface area contributed by atoms with Gasteiger partial charge in [0.2, 0.25) is 5.82 Å². The zero-order chi connectivity index (χ0) is 14.9. The zero-order valence-electron chi connectivity index (χ0n) is 11.6. The predicted molar refractivity (Wildman–Crippen MR) is 77.0 cm³/mol. The molecule has 0 N–H and O–H groups in total. The molecule has 0 bridgehead atoms. The largest absolute Gasteiger partial charge is 0.339 e. The Morgan fingerprint density at radius 1 is 1.15 bits per heavy atom. The molecule has 0 aliphatic rings. The Hall–Kier alpha value is -2.43. The van der Waals surface area contributed by atoms with Crippen LogP contribution in [0.3, 0.4) is 0 Å². The van der Waals surface area contributed by atoms with Crippen molar-refractivity contribution in [3.05, 3.63) is 63.5 Å². The molecule has 0 amide bonds. The summed E-state index contributed by atoms with van der Waals surface area (Å²) in [7, 11) is 1.69. The van der Waals surface area contributed by atoms with Crippen LogP contribution in [0.5, 0.6) is 0 Å². The van der Waals surface area contributed by atoms with Crippen LogP contribution in [0.1, 0.15) is 11.1 Å². The maximum Gasteiger partial charge on any atom is 0.328 e. The number of hydrogen-bond acceptors (Lipinski definition) is 3. The van der Waals surface area contributed by atoms with Gasteiger partial charge in [-0.3, -0.25) is 10.1 Å². The van der Waals surface area contributed by atoms with Crippen LogP contribution in [0, 0.1) is 29.8 Å². The van der Waals surface area contributed by atoms with Crippen LogP contribution in [0.15, 0.2) is 36.4 Å². The van der Waals surface area contributed by atoms with E-state index in [9.17, 15) is 14.5 Å². The molecule has 0 aromatic heterocycles. The maximum atomic E-state index is 13.7. The molecule has 0 unspecified atom stereocenters. The summed E-state index contributed by atoms with van der Waals surface area (Å²) in [5.74, 6) is -0.830. The second-order valence-electron chi connectivity index (χ2n) is 4.71. The molecule has 0 saturated carbocycles. The molecule has 0 heterocycles. The number of halogens is 1. The van der Waals surface area contributed by atoms with Crippen LogP contribution in [-0.4, -0.2) is 12.0 Å². The molecule has 20 heavy (non-hydrogen) atoms. The van der Waals surface area contributed by atoms with E-state index in [0.717, 1.165) is 22.9 Å². The Balaban J connectivity index is 2.56. The number of anilines is 2. The highest BCUT2D eigenvalue weighted by Gasteiger charge is 2.23. The van der Waals surface area contributed by atoms with Crippen molar-refractivity contribution >= 4 is 17.1 Å². The van der Waals surface area contributed by atoms with E-state index in [2.05, 4.69) is 0 Å². The fourth-order valence-electron chi connectivity index (χ4n) is 2.27. The van der Waals surface area contributed by atoms with Crippen molar-refractivity contribution in [2.45, 2.75) is 13.8 Å². The normalized spacial score (nSPS) is 10.4. The van der Waals surface area contributed by atoms with E-state index < -0.39 is 16.4 Å². The number of rotatable bonds is 3. The SMILES string of the molecule is Cc1ccc(N(C)c2cccc(F)c2[N+](=O)[O-])c(C)c1. The summed E-state index contributed by atoms with van der Waals surface area (Å²) in [5, 5.41) is 11.1. The lowest BCUT2D eigenvalue weighted by Gasteiger charge is -2.21. The third-order valence-electron chi connectivity index (χ3n) is 3.22. The fourth-order valence-corrected chi connectivity index (χ4v) is 2.27. The number of para-hydroxylation sites is 1. The average Bonchev–Trinajstić information content (AvgIpc) is 2.37. The van der Waals surface area contributed by atoms with Crippen molar-refractivity contribution in [2.75, 3.05) is 11.9 Å². The monoisotopic (exact) mass is 274 g/mol. The number of hydrogen-bond donors (Lipinski definition) is 0. The smallest absolute Gasteiger partial charge is 0.328 e. The van der Waals surface area contributed by atoms with Crippen molar-refractivity contribution in [3.63, 3.8) is 0 Å². The molecule has 0 aliphatic carbocycles. The molecule has 0 radical (unpaired) electrons. The van der Waals surface area contributed by atoms with Crippen LogP contribution in [0.2, 0.25) is 0 Å². The molecular weight excluding hydrogens is 259 g/mol. The van der Waals surface area contributed by atoms with Gasteiger partial charge in [0.15, 0.2) is 0 Å². The van der Waals surface area contributed by atoms with Gasteiger partial charge in [0.25, 0.3) is 0 Å². The molecule has 2 aromatic carbocycles. The highest BCUT2D eigenvalue weighted by Crippen LogP contribution is 2.35. The first-order valence-corrected chi connectivity index (χ1v) is 6.15. The summed E-state index contributed by atoms with van der Waals surface area (Å²) >= 11 is 0. The van der Waals surface area contributed by atoms with E-state index in [0.29, 0.717) is 0 Å². The lowest BCUT2D eigenvalue weighted by molar-refractivity contribution is -0.386. The quantitative estimate of drug-likeness (QED) is 0.624. The second kappa shape index (κ2) is 5.28. The van der Waals surface area contributed by atoms with Gasteiger partial charge in [0.1, 0.15) is 5.69 Å². The van der Waals surface area contributed by atoms with Gasteiger partial charge in [0.05, 0.1) is 4.92 Å². The van der Waals surface area contributed by atoms with Crippen molar-refractivity contribution in [1.82, 2.24) is 0 Å². The summed E-state index contributed by atoms with van der Waals surface area (Å²) in [6, 6.07) is 9.88. The van der Waals surface area contributed by atoms with Crippen molar-refractivity contribution in [2.24, 2.45) is 0 Å². The third kappa shape index (κ3) is 2.47. The molecule has 0 saturated heterocycles. The molecule has 104 valence electrons. The first-order valence-electron chi connectivity index (χ1n) is 6.15. The average molecular weight is 274 g/mol. The topological polar surface area (TPSA) is 46.4 Å². The Kier molecular flexibility index (Phi) is 3.70. The van der Waals surface area contributed by atoms with Crippen molar-refractivity contribution in [1.29, 1.82) is 0 Å². The Morgan fingerprint density at radius 2 is 1.85 bits per heavy atom. The molecule has 2 aromatic rings. The summed E-state index contributed by atoms with van der Waals surface area (Å²) < 4.78 is 13.7. The number of benzene rings is 2. The second-order valence-corrected chi connectivity index (χ2v) is 4.71. The standard InChI is InChI=1S/C15H15FN2O2/c1-10-7-8-13(11(2)9-10)17(3)14-6-4-5-12(16)15(14)18(19)20/h4-9H,1-3H3. The van der Waals surface area contributed by atoms with Crippen LogP contribution >= 0.6 is 0 Å². The minimum absolute atomic E-state index is 0.238. The number of nitro benzene ring substituents is 1. The van der Waals surface area contributed by atoms with Gasteiger partial charge in [-0.2, -0.15) is 4.39 Å². The highest BCUT2D eigenvalue weighted by atomic mass is 19.1. The molecule has 5 heteroatoms. The van der Waals surface area contributed by atoms with E-state index >= 15 is 0 Å². The van der Waals surface area contributed by atoms with Gasteiger partial charge in [-0.05, 0) is 37.6 Å². The van der Waals surface area contributed by atoms with Crippen LogP contribution in [0.4, 0.5) is 21.5 Å². The Bertz CT molecular complexity index is 671. The summed E-state index contributed by atoms with van der Waals surface area (Å²) in [6.07, 6.45) is 0. The lowest BCUT2D eigenvalue weighted by atomic mass is 10.1. The summed E-state index contributed by atoms with van der Waals surface area (Å²) in [6.45, 7) is 3.89. The zero-order valence-corrected chi connectivity index (χ0v) is 11.6. The lowest BCUT2D eigenvalue weighted by Crippen LogP contribution is -2.13. The summed E-state index contributed by atoms with van der Waals surface area (Å²) in [5.41, 5.74) is 2.63. The number of aryl methyl sites for hydroxylation is 2. The number of nitro groups is 1. The van der Waals surface area contributed by atoms with E-state index in [1.807, 2.05) is 32.0 Å². The van der Waals surface area contributed by atoms with E-state index in [1.165, 1.54) is 6.07 Å². The van der Waals surface area contributed by atoms with Gasteiger partial charge < -0.3 is 4.90 Å². The van der Waals surface area contributed by atoms with Gasteiger partial charge >= 0.3 is 5.69 Å². The van der Waals surface area contributed by atoms with Gasteiger partial charge in [0, 0.05) is 12.7 Å². The molecule has 4 nitrogen and oxygen atoms in total. The minimum Gasteiger partial charge on any atom is -0.339 e. The molecule has 2 rings (SSSR count). The molecule has 0 aliphatic heterocycles. The molecule has 0 fully saturated rings. The fraction of sp³-hybridized carbons (Fsp3) is 0.200.